The van der Waals surface area contributed by atoms with E-state index in [2.05, 4.69) is 4.98 Å². The van der Waals surface area contributed by atoms with Crippen LogP contribution in [0.1, 0.15) is 5.56 Å². The van der Waals surface area contributed by atoms with Crippen LogP contribution < -0.4 is 5.73 Å². The van der Waals surface area contributed by atoms with E-state index in [1.807, 2.05) is 6.07 Å². The van der Waals surface area contributed by atoms with Crippen molar-refractivity contribution in [2.45, 2.75) is 0 Å². The second-order valence-corrected chi connectivity index (χ2v) is 3.36. The topological polar surface area (TPSA) is 62.7 Å². The molecule has 0 aliphatic carbocycles. The highest BCUT2D eigenvalue weighted by molar-refractivity contribution is 6.36. The van der Waals surface area contributed by atoms with Crippen LogP contribution in [-0.4, -0.2) is 4.98 Å². The first kappa shape index (κ1) is 9.69. The summed E-state index contributed by atoms with van der Waals surface area (Å²) in [6, 6.07) is 4.46. The van der Waals surface area contributed by atoms with E-state index >= 15 is 0 Å². The molecule has 2 rings (SSSR count). The maximum Gasteiger partial charge on any atom is 0.149 e. The Morgan fingerprint density at radius 1 is 1.47 bits per heavy atom. The van der Waals surface area contributed by atoms with Gasteiger partial charge in [0.05, 0.1) is 16.3 Å². The summed E-state index contributed by atoms with van der Waals surface area (Å²) in [5.74, 6) is -0.509. The molecule has 0 amide bonds. The summed E-state index contributed by atoms with van der Waals surface area (Å²) in [5, 5.41) is 9.30. The van der Waals surface area contributed by atoms with Gasteiger partial charge >= 0.3 is 0 Å². The third kappa shape index (κ3) is 1.37. The van der Waals surface area contributed by atoms with Crippen molar-refractivity contribution < 1.29 is 4.39 Å². The zero-order valence-corrected chi connectivity index (χ0v) is 8.22. The fourth-order valence-electron chi connectivity index (χ4n) is 1.35. The van der Waals surface area contributed by atoms with Crippen LogP contribution in [0.15, 0.2) is 18.3 Å². The highest BCUT2D eigenvalue weighted by Gasteiger charge is 2.11. The van der Waals surface area contributed by atoms with Gasteiger partial charge in [0.25, 0.3) is 0 Å². The molecule has 15 heavy (non-hydrogen) atoms. The number of halogens is 2. The zero-order valence-electron chi connectivity index (χ0n) is 7.46. The summed E-state index contributed by atoms with van der Waals surface area (Å²) in [4.78, 5) is 3.81. The first-order valence-corrected chi connectivity index (χ1v) is 4.45. The fourth-order valence-corrected chi connectivity index (χ4v) is 1.60. The van der Waals surface area contributed by atoms with Crippen molar-refractivity contribution in [3.8, 4) is 6.07 Å². The molecule has 0 aliphatic heterocycles. The van der Waals surface area contributed by atoms with Gasteiger partial charge < -0.3 is 5.73 Å². The first-order chi connectivity index (χ1) is 7.15. The predicted octanol–water partition coefficient (Wildman–Crippen LogP) is 2.48. The van der Waals surface area contributed by atoms with E-state index in [0.29, 0.717) is 0 Å². The molecule has 5 heteroatoms. The number of aromatic nitrogens is 1. The lowest BCUT2D eigenvalue weighted by Crippen LogP contribution is -1.96. The normalized spacial score (nSPS) is 10.2. The minimum absolute atomic E-state index is 0.0824. The number of nitrogen functional groups attached to an aromatic ring is 1. The van der Waals surface area contributed by atoms with E-state index in [9.17, 15) is 4.39 Å². The van der Waals surface area contributed by atoms with Gasteiger partial charge in [0.2, 0.25) is 0 Å². The van der Waals surface area contributed by atoms with Gasteiger partial charge in [-0.1, -0.05) is 11.6 Å². The maximum absolute atomic E-state index is 13.3. The van der Waals surface area contributed by atoms with Crippen molar-refractivity contribution in [1.82, 2.24) is 4.98 Å². The summed E-state index contributed by atoms with van der Waals surface area (Å²) >= 11 is 5.87. The number of nitriles is 1. The van der Waals surface area contributed by atoms with E-state index < -0.39 is 5.82 Å². The third-order valence-corrected chi connectivity index (χ3v) is 2.40. The Hall–Kier alpha value is -1.86. The van der Waals surface area contributed by atoms with Crippen LogP contribution in [0.25, 0.3) is 10.9 Å². The number of nitrogens with zero attached hydrogens (tertiary/aromatic N) is 2. The molecular formula is C10H5ClFN3. The molecular weight excluding hydrogens is 217 g/mol. The smallest absolute Gasteiger partial charge is 0.149 e. The molecule has 0 atom stereocenters. The first-order valence-electron chi connectivity index (χ1n) is 4.07. The molecule has 0 radical (unpaired) electrons. The van der Waals surface area contributed by atoms with Gasteiger partial charge in [0.15, 0.2) is 0 Å². The number of hydrogen-bond donors (Lipinski definition) is 1. The van der Waals surface area contributed by atoms with Crippen LogP contribution in [-0.2, 0) is 0 Å². The molecule has 74 valence electrons. The molecule has 0 aliphatic rings. The van der Waals surface area contributed by atoms with Gasteiger partial charge in [0.1, 0.15) is 17.4 Å². The molecule has 1 aromatic heterocycles. The molecule has 0 saturated carbocycles. The van der Waals surface area contributed by atoms with Crippen molar-refractivity contribution in [3.05, 3.63) is 34.7 Å². The van der Waals surface area contributed by atoms with Crippen molar-refractivity contribution in [2.24, 2.45) is 0 Å². The Labute approximate surface area is 89.9 Å². The second-order valence-electron chi connectivity index (χ2n) is 2.95. The van der Waals surface area contributed by atoms with E-state index in [1.165, 1.54) is 18.3 Å². The quantitative estimate of drug-likeness (QED) is 0.743. The maximum atomic E-state index is 13.3. The number of rotatable bonds is 0. The minimum Gasteiger partial charge on any atom is -0.397 e. The van der Waals surface area contributed by atoms with Crippen molar-refractivity contribution in [1.29, 1.82) is 5.26 Å². The molecule has 0 bridgehead atoms. The van der Waals surface area contributed by atoms with Gasteiger partial charge in [-0.25, -0.2) is 4.39 Å². The number of benzene rings is 1. The van der Waals surface area contributed by atoms with Crippen LogP contribution in [0.5, 0.6) is 0 Å². The lowest BCUT2D eigenvalue weighted by molar-refractivity contribution is 0.637. The number of hydrogen-bond acceptors (Lipinski definition) is 3. The largest absolute Gasteiger partial charge is 0.397 e. The highest BCUT2D eigenvalue weighted by atomic mass is 35.5. The summed E-state index contributed by atoms with van der Waals surface area (Å²) in [6.45, 7) is 0. The SMILES string of the molecule is N#Cc1cnc2c(F)ccc(Cl)c2c1N. The number of nitrogens with two attached hydrogens (primary N) is 1. The molecule has 1 heterocycles. The van der Waals surface area contributed by atoms with Crippen LogP contribution in [0, 0.1) is 17.1 Å². The number of anilines is 1. The molecule has 0 spiro atoms. The molecule has 2 N–H and O–H groups in total. The van der Waals surface area contributed by atoms with Crippen LogP contribution in [0.2, 0.25) is 5.02 Å². The lowest BCUT2D eigenvalue weighted by Gasteiger charge is -2.05. The molecule has 0 saturated heterocycles. The molecule has 1 aromatic carbocycles. The average molecular weight is 222 g/mol. The Balaban J connectivity index is 3.00. The van der Waals surface area contributed by atoms with E-state index in [4.69, 9.17) is 22.6 Å². The standard InChI is InChI=1S/C10H5ClFN3/c11-6-1-2-7(12)10-8(6)9(14)5(3-13)4-15-10/h1-2,4H,(H2,14,15). The summed E-state index contributed by atoms with van der Waals surface area (Å²) in [7, 11) is 0. The van der Waals surface area contributed by atoms with E-state index in [1.54, 1.807) is 0 Å². The van der Waals surface area contributed by atoms with Crippen molar-refractivity contribution in [2.75, 3.05) is 5.73 Å². The van der Waals surface area contributed by atoms with Gasteiger partial charge in [-0.05, 0) is 12.1 Å². The van der Waals surface area contributed by atoms with Crippen molar-refractivity contribution >= 4 is 28.2 Å². The average Bonchev–Trinajstić information content (AvgIpc) is 2.23. The minimum atomic E-state index is -0.509. The summed E-state index contributed by atoms with van der Waals surface area (Å²) in [5.41, 5.74) is 6.12. The highest BCUT2D eigenvalue weighted by Crippen LogP contribution is 2.30. The Bertz CT molecular complexity index is 589. The summed E-state index contributed by atoms with van der Waals surface area (Å²) < 4.78 is 13.3. The van der Waals surface area contributed by atoms with E-state index in [0.717, 1.165) is 0 Å². The van der Waals surface area contributed by atoms with E-state index in [-0.39, 0.29) is 27.2 Å². The monoisotopic (exact) mass is 221 g/mol. The fraction of sp³-hybridized carbons (Fsp3) is 0. The lowest BCUT2D eigenvalue weighted by atomic mass is 10.1. The molecule has 0 fully saturated rings. The van der Waals surface area contributed by atoms with Crippen LogP contribution in [0.3, 0.4) is 0 Å². The van der Waals surface area contributed by atoms with Crippen LogP contribution in [0.4, 0.5) is 10.1 Å². The molecule has 3 nitrogen and oxygen atoms in total. The van der Waals surface area contributed by atoms with Crippen LogP contribution >= 0.6 is 11.6 Å². The second kappa shape index (κ2) is 3.37. The van der Waals surface area contributed by atoms with Gasteiger partial charge in [0, 0.05) is 11.6 Å². The Kier molecular flexibility index (Phi) is 2.18. The van der Waals surface area contributed by atoms with Gasteiger partial charge in [-0.15, -0.1) is 0 Å². The van der Waals surface area contributed by atoms with Gasteiger partial charge in [-0.2, -0.15) is 5.26 Å². The Morgan fingerprint density at radius 3 is 2.87 bits per heavy atom. The third-order valence-electron chi connectivity index (χ3n) is 2.08. The number of fused-ring (bicyclic) bond motifs is 1. The van der Waals surface area contributed by atoms with Crippen molar-refractivity contribution in [3.63, 3.8) is 0 Å². The summed E-state index contributed by atoms with van der Waals surface area (Å²) in [6.07, 6.45) is 1.23. The molecule has 2 aromatic rings. The number of pyridine rings is 1. The Morgan fingerprint density at radius 2 is 2.20 bits per heavy atom. The zero-order chi connectivity index (χ0) is 11.0. The predicted molar refractivity (Wildman–Crippen MR) is 55.8 cm³/mol. The van der Waals surface area contributed by atoms with Gasteiger partial charge in [-0.3, -0.25) is 4.98 Å². The molecule has 0 unspecified atom stereocenters.